The van der Waals surface area contributed by atoms with Crippen LogP contribution >= 0.6 is 0 Å². The van der Waals surface area contributed by atoms with Gasteiger partial charge in [-0.25, -0.2) is 15.0 Å². The van der Waals surface area contributed by atoms with Gasteiger partial charge in [-0.2, -0.15) is 13.2 Å². The summed E-state index contributed by atoms with van der Waals surface area (Å²) in [4.78, 5) is 29.4. The minimum Gasteiger partial charge on any atom is -0.363 e. The molecule has 1 fully saturated rings. The van der Waals surface area contributed by atoms with E-state index >= 15 is 0 Å². The Hall–Kier alpha value is -3.43. The third kappa shape index (κ3) is 4.90. The molecule has 180 valence electrons. The van der Waals surface area contributed by atoms with Crippen LogP contribution in [0.4, 0.5) is 24.8 Å². The fraction of sp³-hybridized carbons (Fsp3) is 0.417. The predicted octanol–water partition coefficient (Wildman–Crippen LogP) is 4.50. The van der Waals surface area contributed by atoms with E-state index in [4.69, 9.17) is 4.98 Å². The zero-order valence-electron chi connectivity index (χ0n) is 19.6. The van der Waals surface area contributed by atoms with E-state index in [1.807, 2.05) is 13.0 Å². The second-order valence-electron chi connectivity index (χ2n) is 8.56. The van der Waals surface area contributed by atoms with Gasteiger partial charge >= 0.3 is 6.18 Å². The van der Waals surface area contributed by atoms with E-state index in [2.05, 4.69) is 20.2 Å². The number of rotatable bonds is 4. The van der Waals surface area contributed by atoms with Gasteiger partial charge in [0.1, 0.15) is 17.5 Å². The maximum absolute atomic E-state index is 13.2. The zero-order chi connectivity index (χ0) is 24.6. The van der Waals surface area contributed by atoms with E-state index in [9.17, 15) is 18.0 Å². The van der Waals surface area contributed by atoms with Gasteiger partial charge < -0.3 is 15.1 Å². The number of aryl methyl sites for hydroxylation is 2. The van der Waals surface area contributed by atoms with Crippen molar-refractivity contribution in [3.05, 3.63) is 53.0 Å². The first-order valence-corrected chi connectivity index (χ1v) is 11.1. The first kappa shape index (κ1) is 23.7. The molecule has 0 spiro atoms. The third-order valence-electron chi connectivity index (χ3n) is 6.07. The highest BCUT2D eigenvalue weighted by Gasteiger charge is 2.31. The van der Waals surface area contributed by atoms with Crippen molar-refractivity contribution < 1.29 is 18.0 Å². The number of hydrogen-bond donors (Lipinski definition) is 1. The number of piperazine rings is 1. The van der Waals surface area contributed by atoms with Crippen molar-refractivity contribution in [3.63, 3.8) is 0 Å². The van der Waals surface area contributed by atoms with E-state index in [0.717, 1.165) is 29.0 Å². The summed E-state index contributed by atoms with van der Waals surface area (Å²) in [7, 11) is 0. The molecule has 0 bridgehead atoms. The number of alkyl halides is 3. The number of benzene rings is 1. The largest absolute Gasteiger partial charge is 0.416 e. The Balaban J connectivity index is 1.67. The molecule has 1 atom stereocenters. The Morgan fingerprint density at radius 3 is 2.41 bits per heavy atom. The molecule has 0 radical (unpaired) electrons. The molecule has 1 aliphatic heterocycles. The molecule has 0 unspecified atom stereocenters. The summed E-state index contributed by atoms with van der Waals surface area (Å²) in [5.41, 5.74) is 1.25. The lowest BCUT2D eigenvalue weighted by Crippen LogP contribution is -2.48. The SMILES string of the molecule is CC(=O)N1CCN(c2cc3c(N[C@H](C)c4cccc(C(F)(F)F)c4)nc(C)nc3c(C)n2)CC1. The van der Waals surface area contributed by atoms with Crippen molar-refractivity contribution in [1.82, 2.24) is 19.9 Å². The molecule has 1 aliphatic rings. The van der Waals surface area contributed by atoms with Crippen LogP contribution < -0.4 is 10.2 Å². The molecule has 7 nitrogen and oxygen atoms in total. The van der Waals surface area contributed by atoms with E-state index < -0.39 is 17.8 Å². The monoisotopic (exact) mass is 472 g/mol. The lowest BCUT2D eigenvalue weighted by Gasteiger charge is -2.35. The smallest absolute Gasteiger partial charge is 0.363 e. The van der Waals surface area contributed by atoms with E-state index in [1.165, 1.54) is 6.07 Å². The molecule has 3 aromatic rings. The van der Waals surface area contributed by atoms with Crippen LogP contribution in [-0.2, 0) is 11.0 Å². The molecule has 3 heterocycles. The zero-order valence-corrected chi connectivity index (χ0v) is 19.6. The van der Waals surface area contributed by atoms with Crippen LogP contribution in [0.2, 0.25) is 0 Å². The summed E-state index contributed by atoms with van der Waals surface area (Å²) in [6.07, 6.45) is -4.40. The normalized spacial score (nSPS) is 15.5. The Bertz CT molecular complexity index is 1220. The van der Waals surface area contributed by atoms with Gasteiger partial charge in [0.2, 0.25) is 5.91 Å². The van der Waals surface area contributed by atoms with Gasteiger partial charge in [0.25, 0.3) is 0 Å². The number of carbonyl (C=O) groups is 1. The summed E-state index contributed by atoms with van der Waals surface area (Å²) < 4.78 is 39.5. The summed E-state index contributed by atoms with van der Waals surface area (Å²) >= 11 is 0. The fourth-order valence-electron chi connectivity index (χ4n) is 4.18. The number of anilines is 2. The van der Waals surface area contributed by atoms with Crippen molar-refractivity contribution in [1.29, 1.82) is 0 Å². The maximum atomic E-state index is 13.2. The van der Waals surface area contributed by atoms with Gasteiger partial charge in [0, 0.05) is 44.5 Å². The lowest BCUT2D eigenvalue weighted by molar-refractivity contribution is -0.137. The Morgan fingerprint density at radius 1 is 1.06 bits per heavy atom. The van der Waals surface area contributed by atoms with Crippen LogP contribution in [0.15, 0.2) is 30.3 Å². The number of halogens is 3. The first-order chi connectivity index (χ1) is 16.0. The molecule has 1 saturated heterocycles. The van der Waals surface area contributed by atoms with Crippen molar-refractivity contribution in [2.45, 2.75) is 39.9 Å². The minimum atomic E-state index is -4.40. The van der Waals surface area contributed by atoms with E-state index in [-0.39, 0.29) is 5.91 Å². The summed E-state index contributed by atoms with van der Waals surface area (Å²) in [6.45, 7) is 9.58. The van der Waals surface area contributed by atoms with E-state index in [0.29, 0.717) is 48.9 Å². The summed E-state index contributed by atoms with van der Waals surface area (Å²) in [5, 5.41) is 4.03. The van der Waals surface area contributed by atoms with Crippen LogP contribution in [-0.4, -0.2) is 51.9 Å². The predicted molar refractivity (Wildman–Crippen MR) is 125 cm³/mol. The average Bonchev–Trinajstić information content (AvgIpc) is 2.79. The molecule has 0 aliphatic carbocycles. The highest BCUT2D eigenvalue weighted by Crippen LogP contribution is 2.33. The Labute approximate surface area is 196 Å². The van der Waals surface area contributed by atoms with Gasteiger partial charge in [0.05, 0.1) is 16.8 Å². The molecular formula is C24H27F3N6O. The second kappa shape index (κ2) is 9.08. The lowest BCUT2D eigenvalue weighted by atomic mass is 10.0. The van der Waals surface area contributed by atoms with Crippen molar-refractivity contribution in [2.75, 3.05) is 36.4 Å². The third-order valence-corrected chi connectivity index (χ3v) is 6.07. The quantitative estimate of drug-likeness (QED) is 0.603. The van der Waals surface area contributed by atoms with Gasteiger partial charge in [-0.15, -0.1) is 0 Å². The molecule has 1 amide bonds. The average molecular weight is 473 g/mol. The molecule has 1 N–H and O–H groups in total. The van der Waals surface area contributed by atoms with Crippen molar-refractivity contribution in [2.24, 2.45) is 0 Å². The maximum Gasteiger partial charge on any atom is 0.416 e. The van der Waals surface area contributed by atoms with Gasteiger partial charge in [0.15, 0.2) is 0 Å². The Kier molecular flexibility index (Phi) is 6.33. The topological polar surface area (TPSA) is 74.2 Å². The molecule has 0 saturated carbocycles. The fourth-order valence-corrected chi connectivity index (χ4v) is 4.18. The van der Waals surface area contributed by atoms with Crippen LogP contribution in [0, 0.1) is 13.8 Å². The first-order valence-electron chi connectivity index (χ1n) is 11.1. The number of aromatic nitrogens is 3. The van der Waals surface area contributed by atoms with Crippen LogP contribution in [0.25, 0.3) is 10.9 Å². The standard InChI is InChI=1S/C24H27F3N6O/c1-14(18-6-5-7-19(12-18)24(25,26)27)29-23-20-13-21(28-15(2)22(20)30-16(3)31-23)33-10-8-32(9-11-33)17(4)34/h5-7,12-14H,8-11H2,1-4H3,(H,29,30,31)/t14-/m1/s1. The van der Waals surface area contributed by atoms with Gasteiger partial charge in [-0.05, 0) is 44.5 Å². The molecule has 34 heavy (non-hydrogen) atoms. The van der Waals surface area contributed by atoms with Gasteiger partial charge in [-0.1, -0.05) is 12.1 Å². The number of pyridine rings is 1. The number of hydrogen-bond acceptors (Lipinski definition) is 6. The molecule has 4 rings (SSSR count). The number of nitrogens with one attached hydrogen (secondary N) is 1. The Morgan fingerprint density at radius 2 is 1.76 bits per heavy atom. The van der Waals surface area contributed by atoms with Crippen LogP contribution in [0.3, 0.4) is 0 Å². The highest BCUT2D eigenvalue weighted by atomic mass is 19.4. The minimum absolute atomic E-state index is 0.0567. The second-order valence-corrected chi connectivity index (χ2v) is 8.56. The number of nitrogens with zero attached hydrogens (tertiary/aromatic N) is 5. The van der Waals surface area contributed by atoms with Crippen LogP contribution in [0.5, 0.6) is 0 Å². The number of amides is 1. The van der Waals surface area contributed by atoms with Gasteiger partial charge in [-0.3, -0.25) is 4.79 Å². The summed E-state index contributed by atoms with van der Waals surface area (Å²) in [6, 6.07) is 6.78. The molecule has 10 heteroatoms. The molecule has 1 aromatic carbocycles. The van der Waals surface area contributed by atoms with Crippen LogP contribution in [0.1, 0.15) is 42.5 Å². The molecule has 2 aromatic heterocycles. The van der Waals surface area contributed by atoms with Crippen molar-refractivity contribution >= 4 is 28.4 Å². The number of carbonyl (C=O) groups excluding carboxylic acids is 1. The highest BCUT2D eigenvalue weighted by molar-refractivity contribution is 5.92. The number of fused-ring (bicyclic) bond motifs is 1. The molecular weight excluding hydrogens is 445 g/mol. The van der Waals surface area contributed by atoms with E-state index in [1.54, 1.807) is 31.7 Å². The summed E-state index contributed by atoms with van der Waals surface area (Å²) in [5.74, 6) is 1.90. The van der Waals surface area contributed by atoms with Crippen molar-refractivity contribution in [3.8, 4) is 0 Å².